The lowest BCUT2D eigenvalue weighted by molar-refractivity contribution is 0.0993. The van der Waals surface area contributed by atoms with Gasteiger partial charge in [-0.25, -0.2) is 0 Å². The highest BCUT2D eigenvalue weighted by atomic mass is 16.1. The van der Waals surface area contributed by atoms with Crippen LogP contribution in [0.4, 0.5) is 0 Å². The number of Topliss-reactive ketones (excluding diaryl/α,β-unsaturated/α-hetero) is 1. The standard InChI is InChI=1S/C11H11N3O/c1-14-8-10(7-13-14)11(15)6-9-2-4-12-5-3-9/h2-5,7-8H,6H2,1H3. The molecule has 4 nitrogen and oxygen atoms in total. The topological polar surface area (TPSA) is 47.8 Å². The Morgan fingerprint density at radius 2 is 2.13 bits per heavy atom. The maximum atomic E-state index is 11.8. The van der Waals surface area contributed by atoms with Crippen molar-refractivity contribution in [3.05, 3.63) is 48.0 Å². The first-order valence-corrected chi connectivity index (χ1v) is 4.66. The molecule has 76 valence electrons. The minimum absolute atomic E-state index is 0.0781. The molecule has 0 aliphatic heterocycles. The molecule has 2 rings (SSSR count). The lowest BCUT2D eigenvalue weighted by Gasteiger charge is -1.97. The quantitative estimate of drug-likeness (QED) is 0.702. The first kappa shape index (κ1) is 9.58. The second kappa shape index (κ2) is 4.04. The highest BCUT2D eigenvalue weighted by Gasteiger charge is 2.08. The summed E-state index contributed by atoms with van der Waals surface area (Å²) in [5.41, 5.74) is 1.62. The largest absolute Gasteiger partial charge is 0.294 e. The van der Waals surface area contributed by atoms with E-state index < -0.39 is 0 Å². The summed E-state index contributed by atoms with van der Waals surface area (Å²) in [5.74, 6) is 0.0781. The van der Waals surface area contributed by atoms with Crippen LogP contribution in [0.2, 0.25) is 0 Å². The smallest absolute Gasteiger partial charge is 0.170 e. The molecule has 0 aliphatic carbocycles. The van der Waals surface area contributed by atoms with E-state index in [0.717, 1.165) is 5.56 Å². The number of aryl methyl sites for hydroxylation is 1. The maximum Gasteiger partial charge on any atom is 0.170 e. The monoisotopic (exact) mass is 201 g/mol. The van der Waals surface area contributed by atoms with Gasteiger partial charge in [-0.05, 0) is 17.7 Å². The van der Waals surface area contributed by atoms with Crippen molar-refractivity contribution in [2.45, 2.75) is 6.42 Å². The summed E-state index contributed by atoms with van der Waals surface area (Å²) >= 11 is 0. The van der Waals surface area contributed by atoms with Gasteiger partial charge in [-0.1, -0.05) is 0 Å². The molecule has 0 N–H and O–H groups in total. The summed E-state index contributed by atoms with van der Waals surface area (Å²) in [4.78, 5) is 15.7. The van der Waals surface area contributed by atoms with Crippen molar-refractivity contribution in [3.8, 4) is 0 Å². The molecule has 4 heteroatoms. The van der Waals surface area contributed by atoms with E-state index in [0.29, 0.717) is 12.0 Å². The Labute approximate surface area is 87.6 Å². The Morgan fingerprint density at radius 3 is 2.73 bits per heavy atom. The third kappa shape index (κ3) is 2.28. The molecule has 0 aliphatic rings. The highest BCUT2D eigenvalue weighted by Crippen LogP contribution is 2.05. The summed E-state index contributed by atoms with van der Waals surface area (Å²) in [6, 6.07) is 3.68. The molecule has 2 aromatic heterocycles. The van der Waals surface area contributed by atoms with Crippen molar-refractivity contribution in [1.82, 2.24) is 14.8 Å². The Balaban J connectivity index is 2.11. The van der Waals surface area contributed by atoms with Gasteiger partial charge in [0.05, 0.1) is 11.8 Å². The first-order chi connectivity index (χ1) is 7.25. The number of aromatic nitrogens is 3. The Bertz CT molecular complexity index is 462. The van der Waals surface area contributed by atoms with Crippen LogP contribution < -0.4 is 0 Å². The van der Waals surface area contributed by atoms with Gasteiger partial charge in [0, 0.05) is 32.1 Å². The summed E-state index contributed by atoms with van der Waals surface area (Å²) in [6.07, 6.45) is 7.08. The average molecular weight is 201 g/mol. The predicted molar refractivity (Wildman–Crippen MR) is 55.5 cm³/mol. The summed E-state index contributed by atoms with van der Waals surface area (Å²) < 4.78 is 1.62. The second-order valence-corrected chi connectivity index (χ2v) is 3.36. The van der Waals surface area contributed by atoms with E-state index in [-0.39, 0.29) is 5.78 Å². The van der Waals surface area contributed by atoms with Crippen LogP contribution in [0.15, 0.2) is 36.9 Å². The van der Waals surface area contributed by atoms with Crippen molar-refractivity contribution in [2.75, 3.05) is 0 Å². The zero-order chi connectivity index (χ0) is 10.7. The zero-order valence-corrected chi connectivity index (χ0v) is 8.42. The van der Waals surface area contributed by atoms with Gasteiger partial charge in [-0.2, -0.15) is 5.10 Å². The minimum atomic E-state index is 0.0781. The zero-order valence-electron chi connectivity index (χ0n) is 8.42. The number of carbonyl (C=O) groups is 1. The fraction of sp³-hybridized carbons (Fsp3) is 0.182. The highest BCUT2D eigenvalue weighted by molar-refractivity contribution is 5.97. The van der Waals surface area contributed by atoms with E-state index in [1.807, 2.05) is 12.1 Å². The third-order valence-electron chi connectivity index (χ3n) is 2.14. The van der Waals surface area contributed by atoms with E-state index in [1.54, 1.807) is 36.5 Å². The van der Waals surface area contributed by atoms with Crippen LogP contribution in [0, 0.1) is 0 Å². The Morgan fingerprint density at radius 1 is 1.40 bits per heavy atom. The van der Waals surface area contributed by atoms with Crippen molar-refractivity contribution < 1.29 is 4.79 Å². The van der Waals surface area contributed by atoms with Crippen molar-refractivity contribution >= 4 is 5.78 Å². The number of pyridine rings is 1. The fourth-order valence-corrected chi connectivity index (χ4v) is 1.35. The number of hydrogen-bond donors (Lipinski definition) is 0. The maximum absolute atomic E-state index is 11.8. The van der Waals surface area contributed by atoms with Gasteiger partial charge < -0.3 is 0 Å². The van der Waals surface area contributed by atoms with E-state index in [9.17, 15) is 4.79 Å². The molecule has 0 spiro atoms. The lowest BCUT2D eigenvalue weighted by Crippen LogP contribution is -2.02. The van der Waals surface area contributed by atoms with Crippen LogP contribution in [0.25, 0.3) is 0 Å². The molecule has 0 unspecified atom stereocenters. The van der Waals surface area contributed by atoms with E-state index in [4.69, 9.17) is 0 Å². The molecular formula is C11H11N3O. The van der Waals surface area contributed by atoms with Crippen molar-refractivity contribution in [1.29, 1.82) is 0 Å². The molecular weight excluding hydrogens is 190 g/mol. The van der Waals surface area contributed by atoms with Gasteiger partial charge in [0.2, 0.25) is 0 Å². The Kier molecular flexibility index (Phi) is 2.58. The van der Waals surface area contributed by atoms with Crippen LogP contribution in [-0.2, 0) is 13.5 Å². The van der Waals surface area contributed by atoms with Crippen LogP contribution >= 0.6 is 0 Å². The molecule has 0 bridgehead atoms. The third-order valence-corrected chi connectivity index (χ3v) is 2.14. The normalized spacial score (nSPS) is 10.2. The minimum Gasteiger partial charge on any atom is -0.294 e. The van der Waals surface area contributed by atoms with E-state index in [2.05, 4.69) is 10.1 Å². The van der Waals surface area contributed by atoms with E-state index >= 15 is 0 Å². The summed E-state index contributed by atoms with van der Waals surface area (Å²) in [7, 11) is 1.79. The van der Waals surface area contributed by atoms with Gasteiger partial charge in [0.25, 0.3) is 0 Å². The van der Waals surface area contributed by atoms with Crippen LogP contribution in [0.3, 0.4) is 0 Å². The molecule has 2 heterocycles. The summed E-state index contributed by atoms with van der Waals surface area (Å²) in [5, 5.41) is 3.96. The molecule has 2 aromatic rings. The van der Waals surface area contributed by atoms with Crippen molar-refractivity contribution in [3.63, 3.8) is 0 Å². The molecule has 0 fully saturated rings. The van der Waals surface area contributed by atoms with Crippen LogP contribution in [0.1, 0.15) is 15.9 Å². The van der Waals surface area contributed by atoms with E-state index in [1.165, 1.54) is 0 Å². The molecule has 0 radical (unpaired) electrons. The molecule has 0 amide bonds. The van der Waals surface area contributed by atoms with Crippen LogP contribution in [-0.4, -0.2) is 20.5 Å². The lowest BCUT2D eigenvalue weighted by atomic mass is 10.1. The number of carbonyl (C=O) groups excluding carboxylic acids is 1. The van der Waals surface area contributed by atoms with Gasteiger partial charge in [0.1, 0.15) is 0 Å². The van der Waals surface area contributed by atoms with Crippen molar-refractivity contribution in [2.24, 2.45) is 7.05 Å². The number of hydrogen-bond acceptors (Lipinski definition) is 3. The molecule has 0 saturated heterocycles. The first-order valence-electron chi connectivity index (χ1n) is 4.66. The number of ketones is 1. The number of rotatable bonds is 3. The molecule has 0 atom stereocenters. The SMILES string of the molecule is Cn1cc(C(=O)Cc2ccncc2)cn1. The second-order valence-electron chi connectivity index (χ2n) is 3.36. The molecule has 15 heavy (non-hydrogen) atoms. The predicted octanol–water partition coefficient (Wildman–Crippen LogP) is 1.24. The van der Waals surface area contributed by atoms with Gasteiger partial charge in [-0.3, -0.25) is 14.5 Å². The number of nitrogens with zero attached hydrogens (tertiary/aromatic N) is 3. The Hall–Kier alpha value is -1.97. The molecule has 0 aromatic carbocycles. The van der Waals surface area contributed by atoms with Crippen LogP contribution in [0.5, 0.6) is 0 Å². The molecule has 0 saturated carbocycles. The van der Waals surface area contributed by atoms with Gasteiger partial charge in [-0.15, -0.1) is 0 Å². The summed E-state index contributed by atoms with van der Waals surface area (Å²) in [6.45, 7) is 0. The average Bonchev–Trinajstić information content (AvgIpc) is 2.66. The van der Waals surface area contributed by atoms with Gasteiger partial charge in [0.15, 0.2) is 5.78 Å². The fourth-order valence-electron chi connectivity index (χ4n) is 1.35. The van der Waals surface area contributed by atoms with Gasteiger partial charge >= 0.3 is 0 Å².